The Hall–Kier alpha value is -2.82. The second kappa shape index (κ2) is 10.1. The van der Waals surface area contributed by atoms with Crippen molar-refractivity contribution in [2.45, 2.75) is 48.0 Å². The summed E-state index contributed by atoms with van der Waals surface area (Å²) in [4.78, 5) is 28.7. The number of hydrogen-bond acceptors (Lipinski definition) is 3. The minimum atomic E-state index is -0.0967. The first kappa shape index (κ1) is 22.5. The number of carbonyl (C=O) groups excluding carboxylic acids is 2. The van der Waals surface area contributed by atoms with Gasteiger partial charge in [-0.3, -0.25) is 9.59 Å². The van der Waals surface area contributed by atoms with Gasteiger partial charge in [0.15, 0.2) is 0 Å². The summed E-state index contributed by atoms with van der Waals surface area (Å²) < 4.78 is 0. The molecule has 0 unspecified atom stereocenters. The third kappa shape index (κ3) is 5.83. The largest absolute Gasteiger partial charge is 0.372 e. The number of aryl methyl sites for hydroxylation is 3. The molecule has 0 spiro atoms. The maximum Gasteiger partial charge on any atom is 0.226 e. The summed E-state index contributed by atoms with van der Waals surface area (Å²) in [5, 5.41) is 2.95. The lowest BCUT2D eigenvalue weighted by Gasteiger charge is -2.26. The minimum Gasteiger partial charge on any atom is -0.372 e. The first-order chi connectivity index (χ1) is 13.8. The normalized spacial score (nSPS) is 10.6. The molecule has 0 atom stereocenters. The van der Waals surface area contributed by atoms with Gasteiger partial charge in [0.25, 0.3) is 0 Å². The van der Waals surface area contributed by atoms with Crippen molar-refractivity contribution in [3.63, 3.8) is 0 Å². The van der Waals surface area contributed by atoms with E-state index in [9.17, 15) is 9.59 Å². The summed E-state index contributed by atoms with van der Waals surface area (Å²) in [6.07, 6.45) is 0.240. The van der Waals surface area contributed by atoms with E-state index in [1.54, 1.807) is 11.8 Å². The predicted octanol–water partition coefficient (Wildman–Crippen LogP) is 4.84. The van der Waals surface area contributed by atoms with Gasteiger partial charge in [0.05, 0.1) is 0 Å². The van der Waals surface area contributed by atoms with Gasteiger partial charge in [-0.05, 0) is 70.0 Å². The molecule has 0 bridgehead atoms. The van der Waals surface area contributed by atoms with Crippen molar-refractivity contribution in [1.29, 1.82) is 0 Å². The Bertz CT molecular complexity index is 872. The highest BCUT2D eigenvalue weighted by atomic mass is 16.2. The zero-order valence-corrected chi connectivity index (χ0v) is 18.5. The average Bonchev–Trinajstić information content (AvgIpc) is 2.66. The minimum absolute atomic E-state index is 0.0667. The molecule has 2 amide bonds. The molecule has 0 fully saturated rings. The van der Waals surface area contributed by atoms with Crippen LogP contribution < -0.4 is 15.1 Å². The molecule has 2 aromatic carbocycles. The SMILES string of the molecule is CCN(CC)c1ccc(N(CCC(=O)Nc2ccc(C)cc2C)C(C)=O)c(C)c1. The molecule has 1 N–H and O–H groups in total. The van der Waals surface area contributed by atoms with Gasteiger partial charge in [-0.25, -0.2) is 0 Å². The highest BCUT2D eigenvalue weighted by molar-refractivity contribution is 5.95. The third-order valence-electron chi connectivity index (χ3n) is 5.20. The Kier molecular flexibility index (Phi) is 7.82. The van der Waals surface area contributed by atoms with Crippen LogP contribution in [0.1, 0.15) is 43.9 Å². The number of nitrogens with zero attached hydrogens (tertiary/aromatic N) is 2. The van der Waals surface area contributed by atoms with Gasteiger partial charge in [0, 0.05) is 50.0 Å². The molecular formula is C24H33N3O2. The topological polar surface area (TPSA) is 52.6 Å². The average molecular weight is 396 g/mol. The quantitative estimate of drug-likeness (QED) is 0.696. The fraction of sp³-hybridized carbons (Fsp3) is 0.417. The molecule has 5 nitrogen and oxygen atoms in total. The zero-order chi connectivity index (χ0) is 21.6. The molecule has 5 heteroatoms. The summed E-state index contributed by atoms with van der Waals surface area (Å²) >= 11 is 0. The van der Waals surface area contributed by atoms with Crippen LogP contribution in [-0.4, -0.2) is 31.4 Å². The molecule has 0 saturated carbocycles. The Morgan fingerprint density at radius 2 is 1.62 bits per heavy atom. The van der Waals surface area contributed by atoms with Gasteiger partial charge < -0.3 is 15.1 Å². The van der Waals surface area contributed by atoms with E-state index in [1.807, 2.05) is 51.1 Å². The molecule has 0 radical (unpaired) electrons. The number of anilines is 3. The van der Waals surface area contributed by atoms with Crippen molar-refractivity contribution in [2.75, 3.05) is 34.8 Å². The highest BCUT2D eigenvalue weighted by Crippen LogP contribution is 2.26. The second-order valence-electron chi connectivity index (χ2n) is 7.43. The molecule has 0 aliphatic rings. The number of benzene rings is 2. The zero-order valence-electron chi connectivity index (χ0n) is 18.5. The smallest absolute Gasteiger partial charge is 0.226 e. The molecule has 2 aromatic rings. The standard InChI is InChI=1S/C24H33N3O2/c1-7-26(8-2)21-10-12-23(19(5)16-21)27(20(6)28)14-13-24(29)25-22-11-9-17(3)15-18(22)4/h9-12,15-16H,7-8,13-14H2,1-6H3,(H,25,29). The molecule has 0 aliphatic carbocycles. The Labute approximate surface area is 174 Å². The fourth-order valence-electron chi connectivity index (χ4n) is 3.56. The first-order valence-corrected chi connectivity index (χ1v) is 10.3. The van der Waals surface area contributed by atoms with Crippen LogP contribution in [0.25, 0.3) is 0 Å². The molecule has 0 saturated heterocycles. The Morgan fingerprint density at radius 1 is 0.931 bits per heavy atom. The van der Waals surface area contributed by atoms with Gasteiger partial charge in [0.2, 0.25) is 11.8 Å². The van der Waals surface area contributed by atoms with Crippen molar-refractivity contribution in [3.8, 4) is 0 Å². The maximum atomic E-state index is 12.5. The van der Waals surface area contributed by atoms with Gasteiger partial charge in [0.1, 0.15) is 0 Å². The third-order valence-corrected chi connectivity index (χ3v) is 5.20. The number of hydrogen-bond donors (Lipinski definition) is 1. The lowest BCUT2D eigenvalue weighted by atomic mass is 10.1. The maximum absolute atomic E-state index is 12.5. The number of nitrogens with one attached hydrogen (secondary N) is 1. The van der Waals surface area contributed by atoms with E-state index in [-0.39, 0.29) is 18.2 Å². The van der Waals surface area contributed by atoms with Gasteiger partial charge >= 0.3 is 0 Å². The van der Waals surface area contributed by atoms with E-state index < -0.39 is 0 Å². The predicted molar refractivity (Wildman–Crippen MR) is 122 cm³/mol. The van der Waals surface area contributed by atoms with E-state index in [0.717, 1.165) is 46.8 Å². The van der Waals surface area contributed by atoms with Gasteiger partial charge in [-0.15, -0.1) is 0 Å². The lowest BCUT2D eigenvalue weighted by molar-refractivity contribution is -0.117. The van der Waals surface area contributed by atoms with Crippen molar-refractivity contribution in [2.24, 2.45) is 0 Å². The molecule has 0 heterocycles. The van der Waals surface area contributed by atoms with Crippen LogP contribution in [0, 0.1) is 20.8 Å². The van der Waals surface area contributed by atoms with Gasteiger partial charge in [-0.1, -0.05) is 17.7 Å². The van der Waals surface area contributed by atoms with E-state index >= 15 is 0 Å². The molecule has 0 aliphatic heterocycles. The Morgan fingerprint density at radius 3 is 2.17 bits per heavy atom. The van der Waals surface area contributed by atoms with E-state index in [4.69, 9.17) is 0 Å². The van der Waals surface area contributed by atoms with Crippen LogP contribution >= 0.6 is 0 Å². The molecular weight excluding hydrogens is 362 g/mol. The second-order valence-corrected chi connectivity index (χ2v) is 7.43. The summed E-state index contributed by atoms with van der Waals surface area (Å²) in [5.74, 6) is -0.163. The van der Waals surface area contributed by atoms with Gasteiger partial charge in [-0.2, -0.15) is 0 Å². The molecule has 156 valence electrons. The van der Waals surface area contributed by atoms with Crippen LogP contribution in [0.2, 0.25) is 0 Å². The van der Waals surface area contributed by atoms with Crippen molar-refractivity contribution in [3.05, 3.63) is 53.1 Å². The molecule has 29 heavy (non-hydrogen) atoms. The van der Waals surface area contributed by atoms with E-state index in [1.165, 1.54) is 0 Å². The number of carbonyl (C=O) groups is 2. The number of amides is 2. The highest BCUT2D eigenvalue weighted by Gasteiger charge is 2.17. The fourth-order valence-corrected chi connectivity index (χ4v) is 3.56. The summed E-state index contributed by atoms with van der Waals surface area (Å²) in [5.41, 5.74) is 6.03. The summed E-state index contributed by atoms with van der Waals surface area (Å²) in [6, 6.07) is 12.1. The lowest BCUT2D eigenvalue weighted by Crippen LogP contribution is -2.32. The Balaban J connectivity index is 2.10. The van der Waals surface area contributed by atoms with Crippen molar-refractivity contribution in [1.82, 2.24) is 0 Å². The van der Waals surface area contributed by atoms with Crippen LogP contribution in [0.5, 0.6) is 0 Å². The van der Waals surface area contributed by atoms with E-state index in [2.05, 4.69) is 30.1 Å². The summed E-state index contributed by atoms with van der Waals surface area (Å²) in [6.45, 7) is 14.0. The van der Waals surface area contributed by atoms with Crippen molar-refractivity contribution < 1.29 is 9.59 Å². The van der Waals surface area contributed by atoms with Crippen LogP contribution in [0.15, 0.2) is 36.4 Å². The monoisotopic (exact) mass is 395 g/mol. The van der Waals surface area contributed by atoms with Crippen LogP contribution in [-0.2, 0) is 9.59 Å². The summed E-state index contributed by atoms with van der Waals surface area (Å²) in [7, 11) is 0. The molecule has 2 rings (SSSR count). The van der Waals surface area contributed by atoms with Crippen LogP contribution in [0.3, 0.4) is 0 Å². The first-order valence-electron chi connectivity index (χ1n) is 10.3. The van der Waals surface area contributed by atoms with E-state index in [0.29, 0.717) is 6.54 Å². The van der Waals surface area contributed by atoms with Crippen LogP contribution in [0.4, 0.5) is 17.1 Å². The van der Waals surface area contributed by atoms with Crippen molar-refractivity contribution >= 4 is 28.9 Å². The molecule has 0 aromatic heterocycles. The number of rotatable bonds is 8.